The van der Waals surface area contributed by atoms with Crippen molar-refractivity contribution in [2.75, 3.05) is 11.5 Å². The topological polar surface area (TPSA) is 52.0 Å². The Labute approximate surface area is 128 Å². The maximum absolute atomic E-state index is 5.86. The van der Waals surface area contributed by atoms with Gasteiger partial charge in [-0.1, -0.05) is 51.0 Å². The Hall–Kier alpha value is -1.96. The van der Waals surface area contributed by atoms with Crippen molar-refractivity contribution < 1.29 is 0 Å². The normalized spacial score (nSPS) is 11.5. The van der Waals surface area contributed by atoms with Crippen LogP contribution in [0.4, 0.5) is 11.4 Å². The van der Waals surface area contributed by atoms with E-state index in [4.69, 9.17) is 11.5 Å². The molecule has 0 bridgehead atoms. The first-order valence-electron chi connectivity index (χ1n) is 7.84. The van der Waals surface area contributed by atoms with Gasteiger partial charge in [-0.15, -0.1) is 0 Å². The van der Waals surface area contributed by atoms with Gasteiger partial charge >= 0.3 is 0 Å². The predicted octanol–water partition coefficient (Wildman–Crippen LogP) is 4.74. The van der Waals surface area contributed by atoms with Crippen molar-refractivity contribution in [2.24, 2.45) is 0 Å². The van der Waals surface area contributed by atoms with Crippen molar-refractivity contribution in [2.45, 2.75) is 44.9 Å². The molecular weight excluding hydrogens is 256 g/mol. The van der Waals surface area contributed by atoms with Crippen LogP contribution < -0.4 is 11.5 Å². The second-order valence-electron chi connectivity index (χ2n) is 5.83. The highest BCUT2D eigenvalue weighted by molar-refractivity contribution is 5.48. The average molecular weight is 282 g/mol. The van der Waals surface area contributed by atoms with Crippen LogP contribution in [0.3, 0.4) is 0 Å². The standard InChI is InChI=1S/C19H26N2/c1-3-13-19(14-4-2,15-5-9-17(20)10-6-15)16-7-11-18(21)12-8-16/h5-12H,3-4,13-14,20-21H2,1-2H3. The molecule has 0 heterocycles. The van der Waals surface area contributed by atoms with Crippen LogP contribution >= 0.6 is 0 Å². The number of nitrogens with two attached hydrogens (primary N) is 2. The van der Waals surface area contributed by atoms with Crippen LogP contribution in [0.2, 0.25) is 0 Å². The first-order chi connectivity index (χ1) is 10.1. The lowest BCUT2D eigenvalue weighted by Crippen LogP contribution is -2.27. The van der Waals surface area contributed by atoms with Crippen molar-refractivity contribution in [3.05, 3.63) is 59.7 Å². The Kier molecular flexibility index (Phi) is 4.89. The fourth-order valence-electron chi connectivity index (χ4n) is 3.33. The van der Waals surface area contributed by atoms with Gasteiger partial charge in [-0.25, -0.2) is 0 Å². The van der Waals surface area contributed by atoms with Crippen molar-refractivity contribution >= 4 is 11.4 Å². The summed E-state index contributed by atoms with van der Waals surface area (Å²) in [5.74, 6) is 0. The van der Waals surface area contributed by atoms with Crippen molar-refractivity contribution in [1.29, 1.82) is 0 Å². The summed E-state index contributed by atoms with van der Waals surface area (Å²) in [7, 11) is 0. The number of hydrogen-bond acceptors (Lipinski definition) is 2. The Morgan fingerprint density at radius 1 is 0.667 bits per heavy atom. The van der Waals surface area contributed by atoms with E-state index in [0.717, 1.165) is 37.1 Å². The van der Waals surface area contributed by atoms with Crippen LogP contribution in [0.15, 0.2) is 48.5 Å². The first kappa shape index (κ1) is 15.4. The molecule has 0 aliphatic carbocycles. The third kappa shape index (κ3) is 3.21. The zero-order chi connectivity index (χ0) is 15.3. The van der Waals surface area contributed by atoms with Crippen LogP contribution in [0.5, 0.6) is 0 Å². The maximum Gasteiger partial charge on any atom is 0.0314 e. The summed E-state index contributed by atoms with van der Waals surface area (Å²) < 4.78 is 0. The highest BCUT2D eigenvalue weighted by atomic mass is 14.5. The van der Waals surface area contributed by atoms with Gasteiger partial charge in [0.2, 0.25) is 0 Å². The average Bonchev–Trinajstić information content (AvgIpc) is 2.48. The van der Waals surface area contributed by atoms with Crippen LogP contribution in [0.1, 0.15) is 50.7 Å². The molecule has 21 heavy (non-hydrogen) atoms. The maximum atomic E-state index is 5.86. The summed E-state index contributed by atoms with van der Waals surface area (Å²) in [6.45, 7) is 4.50. The van der Waals surface area contributed by atoms with E-state index in [1.54, 1.807) is 0 Å². The lowest BCUT2D eigenvalue weighted by molar-refractivity contribution is 0.426. The zero-order valence-corrected chi connectivity index (χ0v) is 13.1. The van der Waals surface area contributed by atoms with Gasteiger partial charge in [0.25, 0.3) is 0 Å². The van der Waals surface area contributed by atoms with Crippen LogP contribution in [-0.4, -0.2) is 0 Å². The molecule has 0 saturated carbocycles. The molecule has 2 nitrogen and oxygen atoms in total. The molecule has 0 unspecified atom stereocenters. The van der Waals surface area contributed by atoms with Gasteiger partial charge in [-0.05, 0) is 48.2 Å². The summed E-state index contributed by atoms with van der Waals surface area (Å²) in [5.41, 5.74) is 16.1. The minimum Gasteiger partial charge on any atom is -0.399 e. The molecule has 0 saturated heterocycles. The molecule has 0 aromatic heterocycles. The van der Waals surface area contributed by atoms with Gasteiger partial charge in [0.15, 0.2) is 0 Å². The Morgan fingerprint density at radius 3 is 1.29 bits per heavy atom. The smallest absolute Gasteiger partial charge is 0.0314 e. The van der Waals surface area contributed by atoms with Crippen LogP contribution in [0.25, 0.3) is 0 Å². The molecule has 0 spiro atoms. The van der Waals surface area contributed by atoms with Gasteiger partial charge in [0, 0.05) is 16.8 Å². The van der Waals surface area contributed by atoms with E-state index in [-0.39, 0.29) is 5.41 Å². The lowest BCUT2D eigenvalue weighted by Gasteiger charge is -2.35. The predicted molar refractivity (Wildman–Crippen MR) is 92.3 cm³/mol. The van der Waals surface area contributed by atoms with Crippen molar-refractivity contribution in [3.8, 4) is 0 Å². The van der Waals surface area contributed by atoms with E-state index < -0.39 is 0 Å². The number of anilines is 2. The first-order valence-corrected chi connectivity index (χ1v) is 7.84. The fourth-order valence-corrected chi connectivity index (χ4v) is 3.33. The van der Waals surface area contributed by atoms with Crippen LogP contribution in [0, 0.1) is 0 Å². The third-order valence-electron chi connectivity index (χ3n) is 4.28. The molecular formula is C19H26N2. The molecule has 2 aromatic carbocycles. The minimum atomic E-state index is 0.0604. The summed E-state index contributed by atoms with van der Waals surface area (Å²) in [4.78, 5) is 0. The Balaban J connectivity index is 2.56. The van der Waals surface area contributed by atoms with E-state index in [1.807, 2.05) is 24.3 Å². The van der Waals surface area contributed by atoms with E-state index in [9.17, 15) is 0 Å². The van der Waals surface area contributed by atoms with Gasteiger partial charge < -0.3 is 11.5 Å². The van der Waals surface area contributed by atoms with Gasteiger partial charge in [0.1, 0.15) is 0 Å². The Morgan fingerprint density at radius 2 is 1.00 bits per heavy atom. The van der Waals surface area contributed by atoms with Crippen LogP contribution in [-0.2, 0) is 5.41 Å². The molecule has 0 aliphatic heterocycles. The second-order valence-corrected chi connectivity index (χ2v) is 5.83. The molecule has 0 aliphatic rings. The third-order valence-corrected chi connectivity index (χ3v) is 4.28. The number of hydrogen-bond donors (Lipinski definition) is 2. The summed E-state index contributed by atoms with van der Waals surface area (Å²) in [6, 6.07) is 16.7. The molecule has 2 aromatic rings. The molecule has 0 atom stereocenters. The van der Waals surface area contributed by atoms with Crippen molar-refractivity contribution in [3.63, 3.8) is 0 Å². The summed E-state index contributed by atoms with van der Waals surface area (Å²) in [5, 5.41) is 0. The number of benzene rings is 2. The molecule has 2 heteroatoms. The quantitative estimate of drug-likeness (QED) is 0.752. The monoisotopic (exact) mass is 282 g/mol. The van der Waals surface area contributed by atoms with E-state index in [1.165, 1.54) is 11.1 Å². The summed E-state index contributed by atoms with van der Waals surface area (Å²) >= 11 is 0. The van der Waals surface area contributed by atoms with E-state index >= 15 is 0 Å². The minimum absolute atomic E-state index is 0.0604. The molecule has 112 valence electrons. The molecule has 4 N–H and O–H groups in total. The Bertz CT molecular complexity index is 502. The van der Waals surface area contributed by atoms with E-state index in [0.29, 0.717) is 0 Å². The van der Waals surface area contributed by atoms with E-state index in [2.05, 4.69) is 38.1 Å². The molecule has 0 fully saturated rings. The van der Waals surface area contributed by atoms with Gasteiger partial charge in [-0.2, -0.15) is 0 Å². The highest BCUT2D eigenvalue weighted by Crippen LogP contribution is 2.41. The fraction of sp³-hybridized carbons (Fsp3) is 0.368. The molecule has 2 rings (SSSR count). The second kappa shape index (κ2) is 6.66. The molecule has 0 radical (unpaired) electrons. The molecule has 0 amide bonds. The van der Waals surface area contributed by atoms with Crippen molar-refractivity contribution in [1.82, 2.24) is 0 Å². The highest BCUT2D eigenvalue weighted by Gasteiger charge is 2.32. The zero-order valence-electron chi connectivity index (χ0n) is 13.1. The number of rotatable bonds is 6. The number of nitrogen functional groups attached to an aromatic ring is 2. The van der Waals surface area contributed by atoms with Gasteiger partial charge in [0.05, 0.1) is 0 Å². The lowest BCUT2D eigenvalue weighted by atomic mass is 9.68. The SMILES string of the molecule is CCCC(CCC)(c1ccc(N)cc1)c1ccc(N)cc1. The van der Waals surface area contributed by atoms with Gasteiger partial charge in [-0.3, -0.25) is 0 Å². The summed E-state index contributed by atoms with van der Waals surface area (Å²) in [6.07, 6.45) is 4.56. The largest absolute Gasteiger partial charge is 0.399 e.